The minimum Gasteiger partial charge on any atom is -0.368 e. The molecule has 0 aliphatic rings. The number of aromatic amines is 1. The summed E-state index contributed by atoms with van der Waals surface area (Å²) in [4.78, 5) is 12.8. The number of rotatable bonds is 3. The van der Waals surface area contributed by atoms with Gasteiger partial charge in [0.05, 0.1) is 21.0 Å². The van der Waals surface area contributed by atoms with Crippen LogP contribution in [0.5, 0.6) is 0 Å². The van der Waals surface area contributed by atoms with Gasteiger partial charge in [-0.2, -0.15) is 5.26 Å². The molecule has 3 aromatic heterocycles. The Kier molecular flexibility index (Phi) is 4.55. The summed E-state index contributed by atoms with van der Waals surface area (Å²) >= 11 is 7.93. The summed E-state index contributed by atoms with van der Waals surface area (Å²) in [6.07, 6.45) is 3.14. The van der Waals surface area contributed by atoms with E-state index in [0.29, 0.717) is 32.5 Å². The Morgan fingerprint density at radius 1 is 1.25 bits per heavy atom. The van der Waals surface area contributed by atoms with Crippen LogP contribution in [0.3, 0.4) is 0 Å². The number of nitrogen functional groups attached to an aromatic ring is 1. The number of nitrogens with one attached hydrogen (secondary N) is 1. The third-order valence-electron chi connectivity index (χ3n) is 4.25. The van der Waals surface area contributed by atoms with Crippen LogP contribution in [0.2, 0.25) is 5.02 Å². The highest BCUT2D eigenvalue weighted by Crippen LogP contribution is 2.47. The lowest BCUT2D eigenvalue weighted by atomic mass is 9.98. The molecule has 0 radical (unpaired) electrons. The van der Waals surface area contributed by atoms with Crippen LogP contribution in [0.25, 0.3) is 32.4 Å². The molecule has 4 rings (SSSR count). The predicted molar refractivity (Wildman–Crippen MR) is 110 cm³/mol. The van der Waals surface area contributed by atoms with Gasteiger partial charge in [0.1, 0.15) is 12.4 Å². The van der Waals surface area contributed by atoms with Crippen LogP contribution < -0.4 is 5.73 Å². The highest BCUT2D eigenvalue weighted by molar-refractivity contribution is 7.19. The second kappa shape index (κ2) is 7.03. The second-order valence-corrected chi connectivity index (χ2v) is 7.63. The molecule has 0 aliphatic heterocycles. The number of hydrogen-bond acceptors (Lipinski definition) is 7. The van der Waals surface area contributed by atoms with Crippen LogP contribution in [0.1, 0.15) is 16.7 Å². The molecule has 0 saturated carbocycles. The third kappa shape index (κ3) is 3.01. The minimum atomic E-state index is 0.147. The first-order valence-electron chi connectivity index (χ1n) is 8.29. The van der Waals surface area contributed by atoms with Crippen molar-refractivity contribution >= 4 is 28.9 Å². The zero-order valence-electron chi connectivity index (χ0n) is 15.0. The van der Waals surface area contributed by atoms with E-state index in [1.165, 1.54) is 17.7 Å². The zero-order valence-corrected chi connectivity index (χ0v) is 16.6. The highest BCUT2D eigenvalue weighted by Gasteiger charge is 2.26. The summed E-state index contributed by atoms with van der Waals surface area (Å²) in [7, 11) is 0. The maximum atomic E-state index is 10.0. The molecule has 3 N–H and O–H groups in total. The monoisotopic (exact) mass is 407 g/mol. The van der Waals surface area contributed by atoms with Gasteiger partial charge in [-0.05, 0) is 31.0 Å². The van der Waals surface area contributed by atoms with E-state index in [0.717, 1.165) is 21.6 Å². The van der Waals surface area contributed by atoms with Crippen LogP contribution in [0, 0.1) is 25.2 Å². The lowest BCUT2D eigenvalue weighted by molar-refractivity contribution is 1.10. The number of nitriles is 1. The molecule has 4 aromatic rings. The first-order valence-corrected chi connectivity index (χ1v) is 9.48. The Morgan fingerprint density at radius 2 is 2.07 bits per heavy atom. The predicted octanol–water partition coefficient (Wildman–Crippen LogP) is 4.38. The fourth-order valence-corrected chi connectivity index (χ4v) is 4.55. The lowest BCUT2D eigenvalue weighted by Crippen LogP contribution is -1.98. The number of halogens is 1. The van der Waals surface area contributed by atoms with Crippen molar-refractivity contribution in [2.45, 2.75) is 13.8 Å². The Bertz CT molecular complexity index is 1220. The lowest BCUT2D eigenvalue weighted by Gasteiger charge is -2.07. The molecule has 0 unspecified atom stereocenters. The molecule has 138 valence electrons. The molecule has 1 aromatic carbocycles. The molecule has 0 amide bonds. The fraction of sp³-hybridized carbons (Fsp3) is 0.105. The van der Waals surface area contributed by atoms with Crippen molar-refractivity contribution < 1.29 is 0 Å². The van der Waals surface area contributed by atoms with E-state index >= 15 is 0 Å². The average molecular weight is 408 g/mol. The fourth-order valence-electron chi connectivity index (χ4n) is 2.95. The van der Waals surface area contributed by atoms with Crippen LogP contribution in [0.4, 0.5) is 5.95 Å². The van der Waals surface area contributed by atoms with Crippen LogP contribution in [-0.4, -0.2) is 25.1 Å². The molecule has 28 heavy (non-hydrogen) atoms. The molecule has 0 atom stereocenters. The maximum Gasteiger partial charge on any atom is 0.220 e. The van der Waals surface area contributed by atoms with Crippen molar-refractivity contribution in [3.05, 3.63) is 52.4 Å². The summed E-state index contributed by atoms with van der Waals surface area (Å²) in [5.41, 5.74) is 10.2. The number of aryl methyl sites for hydroxylation is 2. The molecule has 7 nitrogen and oxygen atoms in total. The topological polar surface area (TPSA) is 117 Å². The number of nitrogens with two attached hydrogens (primary N) is 1. The highest BCUT2D eigenvalue weighted by atomic mass is 35.5. The van der Waals surface area contributed by atoms with Gasteiger partial charge in [0.2, 0.25) is 5.95 Å². The van der Waals surface area contributed by atoms with Crippen molar-refractivity contribution in [2.24, 2.45) is 0 Å². The zero-order chi connectivity index (χ0) is 19.8. The number of nitrogens with zero attached hydrogens (tertiary/aromatic N) is 5. The Morgan fingerprint density at radius 3 is 2.75 bits per heavy atom. The first-order chi connectivity index (χ1) is 13.5. The quantitative estimate of drug-likeness (QED) is 0.520. The molecule has 0 spiro atoms. The van der Waals surface area contributed by atoms with Crippen molar-refractivity contribution in [3.8, 4) is 38.5 Å². The normalized spacial score (nSPS) is 10.8. The number of thiophene rings is 1. The Hall–Kier alpha value is -3.28. The van der Waals surface area contributed by atoms with Crippen LogP contribution >= 0.6 is 22.9 Å². The number of benzene rings is 1. The number of hydrogen-bond donors (Lipinski definition) is 2. The van der Waals surface area contributed by atoms with Crippen LogP contribution in [0.15, 0.2) is 30.7 Å². The van der Waals surface area contributed by atoms with E-state index in [4.69, 9.17) is 17.3 Å². The largest absolute Gasteiger partial charge is 0.368 e. The van der Waals surface area contributed by atoms with Gasteiger partial charge >= 0.3 is 0 Å². The summed E-state index contributed by atoms with van der Waals surface area (Å²) in [5, 5.41) is 18.6. The summed E-state index contributed by atoms with van der Waals surface area (Å²) in [6.45, 7) is 3.84. The van der Waals surface area contributed by atoms with Crippen molar-refractivity contribution in [1.82, 2.24) is 25.1 Å². The molecule has 0 aliphatic carbocycles. The van der Waals surface area contributed by atoms with Crippen LogP contribution in [-0.2, 0) is 0 Å². The molecule has 0 fully saturated rings. The number of aromatic nitrogens is 5. The van der Waals surface area contributed by atoms with Gasteiger partial charge in [-0.15, -0.1) is 21.5 Å². The van der Waals surface area contributed by atoms with Crippen molar-refractivity contribution in [1.29, 1.82) is 5.26 Å². The third-order valence-corrected chi connectivity index (χ3v) is 5.77. The van der Waals surface area contributed by atoms with Gasteiger partial charge in [-0.1, -0.05) is 23.7 Å². The average Bonchev–Trinajstić information content (AvgIpc) is 3.31. The SMILES string of the molecule is Cc1ccc(-c2c(-c3nnc[nH]3)sc(-c3nc(N)ncc3C)c2C#N)c(Cl)c1. The van der Waals surface area contributed by atoms with E-state index in [1.807, 2.05) is 32.0 Å². The van der Waals surface area contributed by atoms with E-state index in [2.05, 4.69) is 31.2 Å². The summed E-state index contributed by atoms with van der Waals surface area (Å²) in [5.74, 6) is 0.702. The van der Waals surface area contributed by atoms with E-state index in [9.17, 15) is 5.26 Å². The number of anilines is 1. The second-order valence-electron chi connectivity index (χ2n) is 6.20. The minimum absolute atomic E-state index is 0.147. The smallest absolute Gasteiger partial charge is 0.220 e. The molecule has 3 heterocycles. The molecular weight excluding hydrogens is 394 g/mol. The molecular formula is C19H14ClN7S. The Labute approximate surface area is 169 Å². The van der Waals surface area contributed by atoms with Gasteiger partial charge in [0.15, 0.2) is 5.82 Å². The molecule has 0 saturated heterocycles. The van der Waals surface area contributed by atoms with Gasteiger partial charge in [0.25, 0.3) is 0 Å². The maximum absolute atomic E-state index is 10.0. The van der Waals surface area contributed by atoms with E-state index < -0.39 is 0 Å². The van der Waals surface area contributed by atoms with E-state index in [1.54, 1.807) is 6.20 Å². The first kappa shape index (κ1) is 18.1. The standard InChI is InChI=1S/C19H14ClN7S/c1-9-3-4-11(13(20)5-9)14-12(6-21)16(15-10(2)7-23-19(22)26-15)28-17(14)18-24-8-25-27-18/h3-5,7-8H,1-2H3,(H2,22,23,26)(H,24,25,27). The molecule has 9 heteroatoms. The van der Waals surface area contributed by atoms with Gasteiger partial charge in [-0.3, -0.25) is 0 Å². The molecule has 0 bridgehead atoms. The summed E-state index contributed by atoms with van der Waals surface area (Å²) < 4.78 is 0. The van der Waals surface area contributed by atoms with Gasteiger partial charge in [-0.25, -0.2) is 9.97 Å². The van der Waals surface area contributed by atoms with Gasteiger partial charge in [0, 0.05) is 22.3 Å². The van der Waals surface area contributed by atoms with Crippen molar-refractivity contribution in [2.75, 3.05) is 5.73 Å². The Balaban J connectivity index is 2.08. The van der Waals surface area contributed by atoms with Gasteiger partial charge < -0.3 is 10.7 Å². The summed E-state index contributed by atoms with van der Waals surface area (Å²) in [6, 6.07) is 8.05. The number of H-pyrrole nitrogens is 1. The van der Waals surface area contributed by atoms with Crippen molar-refractivity contribution in [3.63, 3.8) is 0 Å². The van der Waals surface area contributed by atoms with E-state index in [-0.39, 0.29) is 5.95 Å².